The smallest absolute Gasteiger partial charge is 0.149 e. The lowest BCUT2D eigenvalue weighted by molar-refractivity contribution is 0.681. The Balaban J connectivity index is 4.43. The van der Waals surface area contributed by atoms with Crippen LogP contribution in [0.5, 0.6) is 0 Å². The fourth-order valence-electron chi connectivity index (χ4n) is 0.556. The largest absolute Gasteiger partial charge is 0.298 e. The number of hydrogen-bond acceptors (Lipinski definition) is 3. The van der Waals surface area contributed by atoms with E-state index >= 15 is 0 Å². The standard InChI is InChI=1S/C9H11FN2S/c1-4-5-8(10)9(12)6(2)13-7(3)11/h4-5,11-12H,1-2H2,3H3. The summed E-state index contributed by atoms with van der Waals surface area (Å²) in [7, 11) is 0. The lowest BCUT2D eigenvalue weighted by Crippen LogP contribution is -1.99. The zero-order chi connectivity index (χ0) is 10.4. The van der Waals surface area contributed by atoms with Crippen LogP contribution in [0.2, 0.25) is 0 Å². The van der Waals surface area contributed by atoms with Crippen molar-refractivity contribution in [3.63, 3.8) is 0 Å². The van der Waals surface area contributed by atoms with Crippen molar-refractivity contribution in [1.29, 1.82) is 10.8 Å². The van der Waals surface area contributed by atoms with Crippen LogP contribution in [0.3, 0.4) is 0 Å². The minimum absolute atomic E-state index is 0.225. The van der Waals surface area contributed by atoms with Gasteiger partial charge in [-0.15, -0.1) is 0 Å². The maximum Gasteiger partial charge on any atom is 0.149 e. The highest BCUT2D eigenvalue weighted by Gasteiger charge is 2.08. The molecule has 0 saturated carbocycles. The van der Waals surface area contributed by atoms with Crippen LogP contribution in [0.4, 0.5) is 4.39 Å². The second-order valence-corrected chi connectivity index (χ2v) is 3.52. The Morgan fingerprint density at radius 1 is 1.46 bits per heavy atom. The Kier molecular flexibility index (Phi) is 4.99. The molecule has 13 heavy (non-hydrogen) atoms. The molecule has 0 aliphatic heterocycles. The summed E-state index contributed by atoms with van der Waals surface area (Å²) in [5, 5.41) is 14.7. The molecule has 0 spiro atoms. The molecule has 0 aliphatic rings. The number of thioether (sulfide) groups is 1. The van der Waals surface area contributed by atoms with Crippen molar-refractivity contribution >= 4 is 22.5 Å². The first-order valence-electron chi connectivity index (χ1n) is 3.48. The lowest BCUT2D eigenvalue weighted by Gasteiger charge is -2.02. The van der Waals surface area contributed by atoms with E-state index < -0.39 is 5.83 Å². The number of hydrogen-bond donors (Lipinski definition) is 2. The highest BCUT2D eigenvalue weighted by Crippen LogP contribution is 2.19. The van der Waals surface area contributed by atoms with Gasteiger partial charge in [0.05, 0.1) is 5.04 Å². The fourth-order valence-corrected chi connectivity index (χ4v) is 1.12. The predicted molar refractivity (Wildman–Crippen MR) is 57.2 cm³/mol. The molecule has 0 rings (SSSR count). The van der Waals surface area contributed by atoms with E-state index in [-0.39, 0.29) is 15.7 Å². The van der Waals surface area contributed by atoms with E-state index in [1.807, 2.05) is 0 Å². The van der Waals surface area contributed by atoms with Gasteiger partial charge in [-0.2, -0.15) is 0 Å². The summed E-state index contributed by atoms with van der Waals surface area (Å²) >= 11 is 0.966. The van der Waals surface area contributed by atoms with E-state index in [9.17, 15) is 4.39 Å². The zero-order valence-corrected chi connectivity index (χ0v) is 8.17. The summed E-state index contributed by atoms with van der Waals surface area (Å²) in [5.74, 6) is -0.686. The van der Waals surface area contributed by atoms with Gasteiger partial charge in [0.2, 0.25) is 0 Å². The third-order valence-corrected chi connectivity index (χ3v) is 1.81. The lowest BCUT2D eigenvalue weighted by atomic mass is 10.3. The van der Waals surface area contributed by atoms with Crippen molar-refractivity contribution in [2.75, 3.05) is 0 Å². The minimum Gasteiger partial charge on any atom is -0.298 e. The van der Waals surface area contributed by atoms with Gasteiger partial charge in [0, 0.05) is 4.91 Å². The van der Waals surface area contributed by atoms with Gasteiger partial charge in [-0.05, 0) is 13.0 Å². The topological polar surface area (TPSA) is 47.7 Å². The summed E-state index contributed by atoms with van der Waals surface area (Å²) in [6, 6.07) is 0. The SMILES string of the molecule is C=CC=C(F)C(=N)C(=C)SC(C)=N. The van der Waals surface area contributed by atoms with Crippen molar-refractivity contribution in [1.82, 2.24) is 0 Å². The average molecular weight is 198 g/mol. The molecular formula is C9H11FN2S. The van der Waals surface area contributed by atoms with Crippen molar-refractivity contribution in [2.24, 2.45) is 0 Å². The Labute approximate surface area is 81.2 Å². The van der Waals surface area contributed by atoms with Crippen LogP contribution in [0, 0.1) is 10.8 Å². The first kappa shape index (κ1) is 11.8. The van der Waals surface area contributed by atoms with Gasteiger partial charge in [-0.3, -0.25) is 10.8 Å². The predicted octanol–water partition coefficient (Wildman–Crippen LogP) is 3.29. The molecule has 0 aromatic heterocycles. The first-order valence-corrected chi connectivity index (χ1v) is 4.30. The van der Waals surface area contributed by atoms with Gasteiger partial charge in [-0.1, -0.05) is 31.0 Å². The highest BCUT2D eigenvalue weighted by atomic mass is 32.2. The second kappa shape index (κ2) is 5.48. The summed E-state index contributed by atoms with van der Waals surface area (Å²) < 4.78 is 12.9. The average Bonchev–Trinajstić information content (AvgIpc) is 2.02. The van der Waals surface area contributed by atoms with Gasteiger partial charge in [0.1, 0.15) is 11.5 Å². The maximum absolute atomic E-state index is 12.9. The van der Waals surface area contributed by atoms with E-state index in [1.165, 1.54) is 6.08 Å². The van der Waals surface area contributed by atoms with Crippen molar-refractivity contribution in [3.8, 4) is 0 Å². The fraction of sp³-hybridized carbons (Fsp3) is 0.111. The molecular weight excluding hydrogens is 187 g/mol. The molecule has 0 aliphatic carbocycles. The third-order valence-electron chi connectivity index (χ3n) is 1.06. The van der Waals surface area contributed by atoms with E-state index in [0.717, 1.165) is 17.8 Å². The van der Waals surface area contributed by atoms with E-state index in [4.69, 9.17) is 10.8 Å². The second-order valence-electron chi connectivity index (χ2n) is 2.21. The van der Waals surface area contributed by atoms with Gasteiger partial charge in [0.25, 0.3) is 0 Å². The molecule has 0 radical (unpaired) electrons. The Morgan fingerprint density at radius 2 is 2.00 bits per heavy atom. The molecule has 0 bridgehead atoms. The molecule has 0 unspecified atom stereocenters. The van der Waals surface area contributed by atoms with Gasteiger partial charge >= 0.3 is 0 Å². The normalized spacial score (nSPS) is 10.8. The van der Waals surface area contributed by atoms with Crippen LogP contribution >= 0.6 is 11.8 Å². The molecule has 0 heterocycles. The molecule has 0 amide bonds. The van der Waals surface area contributed by atoms with Gasteiger partial charge in [0.15, 0.2) is 0 Å². The van der Waals surface area contributed by atoms with Crippen LogP contribution in [0.15, 0.2) is 36.0 Å². The van der Waals surface area contributed by atoms with E-state index in [1.54, 1.807) is 6.92 Å². The number of allylic oxidation sites excluding steroid dienone is 4. The Morgan fingerprint density at radius 3 is 2.38 bits per heavy atom. The summed E-state index contributed by atoms with van der Waals surface area (Å²) in [6.45, 7) is 8.35. The van der Waals surface area contributed by atoms with E-state index in [0.29, 0.717) is 0 Å². The molecule has 0 atom stereocenters. The summed E-state index contributed by atoms with van der Waals surface area (Å²) in [4.78, 5) is 0.225. The molecule has 70 valence electrons. The van der Waals surface area contributed by atoms with Crippen LogP contribution in [-0.4, -0.2) is 10.8 Å². The maximum atomic E-state index is 12.9. The van der Waals surface area contributed by atoms with Gasteiger partial charge < -0.3 is 0 Å². The quantitative estimate of drug-likeness (QED) is 0.406. The number of nitrogens with one attached hydrogen (secondary N) is 2. The zero-order valence-electron chi connectivity index (χ0n) is 7.36. The molecule has 0 saturated heterocycles. The Hall–Kier alpha value is -1.16. The molecule has 0 aromatic rings. The Bertz CT molecular complexity index is 292. The summed E-state index contributed by atoms with van der Waals surface area (Å²) in [5.41, 5.74) is -0.295. The molecule has 4 heteroatoms. The highest BCUT2D eigenvalue weighted by molar-refractivity contribution is 8.17. The first-order chi connectivity index (χ1) is 5.99. The van der Waals surface area contributed by atoms with Crippen LogP contribution in [0.25, 0.3) is 0 Å². The monoisotopic (exact) mass is 198 g/mol. The number of halogens is 1. The van der Waals surface area contributed by atoms with Crippen LogP contribution in [0.1, 0.15) is 6.92 Å². The summed E-state index contributed by atoms with van der Waals surface area (Å²) in [6.07, 6.45) is 2.35. The number of rotatable bonds is 4. The molecule has 2 N–H and O–H groups in total. The van der Waals surface area contributed by atoms with Crippen LogP contribution < -0.4 is 0 Å². The third kappa shape index (κ3) is 4.42. The molecule has 2 nitrogen and oxygen atoms in total. The minimum atomic E-state index is -0.686. The van der Waals surface area contributed by atoms with Crippen LogP contribution in [-0.2, 0) is 0 Å². The van der Waals surface area contributed by atoms with Crippen molar-refractivity contribution in [2.45, 2.75) is 6.92 Å². The van der Waals surface area contributed by atoms with E-state index in [2.05, 4.69) is 13.2 Å². The van der Waals surface area contributed by atoms with Crippen molar-refractivity contribution < 1.29 is 4.39 Å². The van der Waals surface area contributed by atoms with Crippen molar-refractivity contribution in [3.05, 3.63) is 36.0 Å². The molecule has 0 aromatic carbocycles. The van der Waals surface area contributed by atoms with Gasteiger partial charge in [-0.25, -0.2) is 4.39 Å². The molecule has 0 fully saturated rings.